The van der Waals surface area contributed by atoms with Crippen LogP contribution in [0.25, 0.3) is 0 Å². The van der Waals surface area contributed by atoms with Crippen molar-refractivity contribution in [2.24, 2.45) is 5.73 Å². The highest BCUT2D eigenvalue weighted by Crippen LogP contribution is 2.28. The number of aromatic nitrogens is 2. The van der Waals surface area contributed by atoms with Crippen molar-refractivity contribution in [1.29, 1.82) is 0 Å². The van der Waals surface area contributed by atoms with Crippen molar-refractivity contribution in [2.45, 2.75) is 44.8 Å². The molecule has 1 aliphatic carbocycles. The summed E-state index contributed by atoms with van der Waals surface area (Å²) in [6, 6.07) is 9.88. The SMILES string of the molecule is Cl.NCc1ccc(C(=O)NCc2ccn(C3CCCC3)n2)cc1. The number of carbonyl (C=O) groups is 1. The van der Waals surface area contributed by atoms with E-state index in [1.54, 1.807) is 12.1 Å². The minimum absolute atomic E-state index is 0. The minimum atomic E-state index is -0.0843. The third-order valence-corrected chi connectivity index (χ3v) is 4.24. The first-order valence-electron chi connectivity index (χ1n) is 7.87. The number of benzene rings is 1. The maximum absolute atomic E-state index is 12.1. The Labute approximate surface area is 142 Å². The molecular formula is C17H23ClN4O. The van der Waals surface area contributed by atoms with E-state index in [1.807, 2.05) is 29.1 Å². The zero-order chi connectivity index (χ0) is 15.4. The lowest BCUT2D eigenvalue weighted by molar-refractivity contribution is 0.0950. The second-order valence-electron chi connectivity index (χ2n) is 5.81. The lowest BCUT2D eigenvalue weighted by atomic mass is 10.1. The van der Waals surface area contributed by atoms with E-state index in [0.717, 1.165) is 11.3 Å². The van der Waals surface area contributed by atoms with Gasteiger partial charge >= 0.3 is 0 Å². The van der Waals surface area contributed by atoms with E-state index in [-0.39, 0.29) is 18.3 Å². The molecule has 124 valence electrons. The molecule has 5 nitrogen and oxygen atoms in total. The number of rotatable bonds is 5. The highest BCUT2D eigenvalue weighted by atomic mass is 35.5. The zero-order valence-corrected chi connectivity index (χ0v) is 13.9. The molecule has 0 spiro atoms. The van der Waals surface area contributed by atoms with Crippen molar-refractivity contribution < 1.29 is 4.79 Å². The van der Waals surface area contributed by atoms with Crippen molar-refractivity contribution in [3.8, 4) is 0 Å². The molecule has 1 aliphatic rings. The molecule has 0 bridgehead atoms. The molecule has 1 heterocycles. The van der Waals surface area contributed by atoms with Gasteiger partial charge in [-0.25, -0.2) is 0 Å². The highest BCUT2D eigenvalue weighted by Gasteiger charge is 2.17. The van der Waals surface area contributed by atoms with Crippen LogP contribution in [0.2, 0.25) is 0 Å². The number of carbonyl (C=O) groups excluding carboxylic acids is 1. The number of nitrogens with one attached hydrogen (secondary N) is 1. The van der Waals surface area contributed by atoms with E-state index in [1.165, 1.54) is 25.7 Å². The lowest BCUT2D eigenvalue weighted by Gasteiger charge is -2.09. The van der Waals surface area contributed by atoms with Gasteiger partial charge in [0.1, 0.15) is 0 Å². The number of hydrogen-bond acceptors (Lipinski definition) is 3. The van der Waals surface area contributed by atoms with Gasteiger partial charge in [0, 0.05) is 18.3 Å². The summed E-state index contributed by atoms with van der Waals surface area (Å²) >= 11 is 0. The first kappa shape index (κ1) is 17.5. The van der Waals surface area contributed by atoms with Crippen LogP contribution in [0, 0.1) is 0 Å². The van der Waals surface area contributed by atoms with Gasteiger partial charge in [0.2, 0.25) is 0 Å². The van der Waals surface area contributed by atoms with E-state index in [0.29, 0.717) is 24.7 Å². The minimum Gasteiger partial charge on any atom is -0.346 e. The van der Waals surface area contributed by atoms with Gasteiger partial charge in [0.05, 0.1) is 18.3 Å². The van der Waals surface area contributed by atoms with Crippen molar-refractivity contribution in [3.63, 3.8) is 0 Å². The van der Waals surface area contributed by atoms with Crippen molar-refractivity contribution in [2.75, 3.05) is 0 Å². The Bertz CT molecular complexity index is 632. The topological polar surface area (TPSA) is 72.9 Å². The van der Waals surface area contributed by atoms with Gasteiger partial charge in [0.15, 0.2) is 0 Å². The van der Waals surface area contributed by atoms with Crippen molar-refractivity contribution >= 4 is 18.3 Å². The Morgan fingerprint density at radius 3 is 2.57 bits per heavy atom. The molecule has 0 atom stereocenters. The van der Waals surface area contributed by atoms with Crippen LogP contribution < -0.4 is 11.1 Å². The molecule has 1 fully saturated rings. The van der Waals surface area contributed by atoms with Crippen LogP contribution in [0.5, 0.6) is 0 Å². The average molecular weight is 335 g/mol. The first-order chi connectivity index (χ1) is 10.8. The summed E-state index contributed by atoms with van der Waals surface area (Å²) in [5, 5.41) is 7.48. The maximum Gasteiger partial charge on any atom is 0.251 e. The number of nitrogens with two attached hydrogens (primary N) is 1. The van der Waals surface area contributed by atoms with Gasteiger partial charge in [-0.05, 0) is 36.6 Å². The van der Waals surface area contributed by atoms with E-state index in [4.69, 9.17) is 5.73 Å². The Balaban J connectivity index is 0.00000192. The summed E-state index contributed by atoms with van der Waals surface area (Å²) in [5.74, 6) is -0.0843. The van der Waals surface area contributed by atoms with Crippen LogP contribution in [0.4, 0.5) is 0 Å². The monoisotopic (exact) mass is 334 g/mol. The summed E-state index contributed by atoms with van der Waals surface area (Å²) in [4.78, 5) is 12.1. The molecule has 1 aromatic carbocycles. The van der Waals surface area contributed by atoms with E-state index < -0.39 is 0 Å². The maximum atomic E-state index is 12.1. The normalized spacial score (nSPS) is 14.5. The van der Waals surface area contributed by atoms with Crippen molar-refractivity contribution in [3.05, 3.63) is 53.3 Å². The molecule has 0 aliphatic heterocycles. The molecule has 1 saturated carbocycles. The Hall–Kier alpha value is -1.85. The van der Waals surface area contributed by atoms with Crippen LogP contribution in [-0.2, 0) is 13.1 Å². The predicted octanol–water partition coefficient (Wildman–Crippen LogP) is 2.81. The molecule has 23 heavy (non-hydrogen) atoms. The quantitative estimate of drug-likeness (QED) is 0.883. The van der Waals surface area contributed by atoms with E-state index in [2.05, 4.69) is 10.4 Å². The molecule has 2 aromatic rings. The largest absolute Gasteiger partial charge is 0.346 e. The summed E-state index contributed by atoms with van der Waals surface area (Å²) < 4.78 is 2.05. The van der Waals surface area contributed by atoms with Gasteiger partial charge < -0.3 is 11.1 Å². The smallest absolute Gasteiger partial charge is 0.251 e. The van der Waals surface area contributed by atoms with Gasteiger partial charge in [-0.2, -0.15) is 5.10 Å². The standard InChI is InChI=1S/C17H22N4O.ClH/c18-11-13-5-7-14(8-6-13)17(22)19-12-15-9-10-21(20-15)16-3-1-2-4-16;/h5-10,16H,1-4,11-12,18H2,(H,19,22);1H. The van der Waals surface area contributed by atoms with Gasteiger partial charge in [-0.3, -0.25) is 9.48 Å². The number of hydrogen-bond donors (Lipinski definition) is 2. The lowest BCUT2D eigenvalue weighted by Crippen LogP contribution is -2.23. The molecule has 0 unspecified atom stereocenters. The Kier molecular flexibility index (Phi) is 6.19. The summed E-state index contributed by atoms with van der Waals surface area (Å²) in [6.07, 6.45) is 7.01. The molecule has 1 amide bonds. The Morgan fingerprint density at radius 2 is 1.91 bits per heavy atom. The second kappa shape index (κ2) is 8.13. The fourth-order valence-electron chi connectivity index (χ4n) is 2.91. The molecule has 0 saturated heterocycles. The van der Waals surface area contributed by atoms with E-state index in [9.17, 15) is 4.79 Å². The fraction of sp³-hybridized carbons (Fsp3) is 0.412. The van der Waals surface area contributed by atoms with Gasteiger partial charge in [-0.15, -0.1) is 12.4 Å². The average Bonchev–Trinajstić information content (AvgIpc) is 3.23. The molecule has 3 rings (SSSR count). The third kappa shape index (κ3) is 4.33. The molecule has 0 radical (unpaired) electrons. The second-order valence-corrected chi connectivity index (χ2v) is 5.81. The Morgan fingerprint density at radius 1 is 1.22 bits per heavy atom. The van der Waals surface area contributed by atoms with Crippen LogP contribution in [-0.4, -0.2) is 15.7 Å². The third-order valence-electron chi connectivity index (χ3n) is 4.24. The molecular weight excluding hydrogens is 312 g/mol. The van der Waals surface area contributed by atoms with Crippen LogP contribution in [0.1, 0.15) is 53.3 Å². The van der Waals surface area contributed by atoms with Crippen LogP contribution in [0.15, 0.2) is 36.5 Å². The summed E-state index contributed by atoms with van der Waals surface area (Å²) in [5.41, 5.74) is 8.12. The molecule has 1 aromatic heterocycles. The van der Waals surface area contributed by atoms with Crippen molar-refractivity contribution in [1.82, 2.24) is 15.1 Å². The fourth-order valence-corrected chi connectivity index (χ4v) is 2.91. The van der Waals surface area contributed by atoms with Gasteiger partial charge in [-0.1, -0.05) is 25.0 Å². The van der Waals surface area contributed by atoms with Gasteiger partial charge in [0.25, 0.3) is 5.91 Å². The summed E-state index contributed by atoms with van der Waals surface area (Å²) in [6.45, 7) is 0.942. The molecule has 6 heteroatoms. The number of amides is 1. The summed E-state index contributed by atoms with van der Waals surface area (Å²) in [7, 11) is 0. The number of halogens is 1. The van der Waals surface area contributed by atoms with Crippen LogP contribution >= 0.6 is 12.4 Å². The predicted molar refractivity (Wildman–Crippen MR) is 92.5 cm³/mol. The number of nitrogens with zero attached hydrogens (tertiary/aromatic N) is 2. The van der Waals surface area contributed by atoms with Crippen LogP contribution in [0.3, 0.4) is 0 Å². The zero-order valence-electron chi connectivity index (χ0n) is 13.1. The first-order valence-corrected chi connectivity index (χ1v) is 7.87. The van der Waals surface area contributed by atoms with E-state index >= 15 is 0 Å². The highest BCUT2D eigenvalue weighted by molar-refractivity contribution is 5.94. The molecule has 3 N–H and O–H groups in total.